The molecule has 1 spiro atoms. The fraction of sp³-hybridized carbons (Fsp3) is 0.850. The summed E-state index contributed by atoms with van der Waals surface area (Å²) in [6.07, 6.45) is 14.8. The smallest absolute Gasteiger partial charge is 0.226 e. The molecule has 1 saturated carbocycles. The van der Waals surface area contributed by atoms with Crippen molar-refractivity contribution in [2.24, 2.45) is 11.3 Å². The topological polar surface area (TPSA) is 23.6 Å². The van der Waals surface area contributed by atoms with Gasteiger partial charge in [0.05, 0.1) is 0 Å². The number of hydrogen-bond acceptors (Lipinski definition) is 2. The Labute approximate surface area is 142 Å². The summed E-state index contributed by atoms with van der Waals surface area (Å²) in [5.74, 6) is 1.26. The minimum atomic E-state index is 0.274. The molecule has 0 aromatic carbocycles. The van der Waals surface area contributed by atoms with Crippen molar-refractivity contribution in [2.45, 2.75) is 64.2 Å². The largest absolute Gasteiger partial charge is 0.342 e. The van der Waals surface area contributed by atoms with Crippen molar-refractivity contribution in [3.8, 4) is 0 Å². The minimum absolute atomic E-state index is 0.274. The summed E-state index contributed by atoms with van der Waals surface area (Å²) in [6.45, 7) is 9.43. The van der Waals surface area contributed by atoms with Gasteiger partial charge in [-0.25, -0.2) is 0 Å². The maximum Gasteiger partial charge on any atom is 0.226 e. The van der Waals surface area contributed by atoms with E-state index in [0.717, 1.165) is 19.0 Å². The Balaban J connectivity index is 1.48. The zero-order valence-electron chi connectivity index (χ0n) is 14.8. The van der Waals surface area contributed by atoms with Gasteiger partial charge in [0, 0.05) is 31.5 Å². The van der Waals surface area contributed by atoms with Gasteiger partial charge in [0.2, 0.25) is 5.91 Å². The maximum absolute atomic E-state index is 12.1. The van der Waals surface area contributed by atoms with Crippen molar-refractivity contribution >= 4 is 5.91 Å². The zero-order valence-corrected chi connectivity index (χ0v) is 14.8. The first-order valence-electron chi connectivity index (χ1n) is 9.82. The van der Waals surface area contributed by atoms with E-state index in [1.165, 1.54) is 77.4 Å². The third-order valence-corrected chi connectivity index (χ3v) is 6.43. The van der Waals surface area contributed by atoms with Crippen molar-refractivity contribution in [3.63, 3.8) is 0 Å². The van der Waals surface area contributed by atoms with E-state index in [1.54, 1.807) is 6.08 Å². The van der Waals surface area contributed by atoms with E-state index >= 15 is 0 Å². The normalized spacial score (nSPS) is 30.0. The number of hydrogen-bond donors (Lipinski definition) is 0. The van der Waals surface area contributed by atoms with E-state index in [4.69, 9.17) is 0 Å². The standard InChI is InChI=1S/C20H34N2O/c1-2-7-19(23)22-15-12-20(17-22)11-6-13-21(16-20)14-10-18-8-4-3-5-9-18/h2,18H,1,3-17H2. The predicted octanol–water partition coefficient (Wildman–Crippen LogP) is 3.85. The van der Waals surface area contributed by atoms with Crippen LogP contribution in [0.3, 0.4) is 0 Å². The van der Waals surface area contributed by atoms with Crippen LogP contribution >= 0.6 is 0 Å². The fourth-order valence-corrected chi connectivity index (χ4v) is 5.08. The van der Waals surface area contributed by atoms with Crippen molar-refractivity contribution in [1.29, 1.82) is 0 Å². The monoisotopic (exact) mass is 318 g/mol. The van der Waals surface area contributed by atoms with Crippen LogP contribution in [0.25, 0.3) is 0 Å². The number of carbonyl (C=O) groups excluding carboxylic acids is 1. The van der Waals surface area contributed by atoms with Crippen molar-refractivity contribution < 1.29 is 4.79 Å². The molecule has 0 N–H and O–H groups in total. The highest BCUT2D eigenvalue weighted by atomic mass is 16.2. The van der Waals surface area contributed by atoms with Gasteiger partial charge in [0.1, 0.15) is 0 Å². The van der Waals surface area contributed by atoms with Gasteiger partial charge in [-0.15, -0.1) is 6.58 Å². The van der Waals surface area contributed by atoms with Crippen LogP contribution < -0.4 is 0 Å². The summed E-state index contributed by atoms with van der Waals surface area (Å²) in [4.78, 5) is 16.9. The Hall–Kier alpha value is -0.830. The molecule has 0 bridgehead atoms. The van der Waals surface area contributed by atoms with Crippen molar-refractivity contribution in [2.75, 3.05) is 32.7 Å². The van der Waals surface area contributed by atoms with Gasteiger partial charge in [-0.3, -0.25) is 4.79 Å². The molecule has 3 nitrogen and oxygen atoms in total. The van der Waals surface area contributed by atoms with Gasteiger partial charge in [0.25, 0.3) is 0 Å². The predicted molar refractivity (Wildman–Crippen MR) is 95.3 cm³/mol. The lowest BCUT2D eigenvalue weighted by atomic mass is 9.79. The number of nitrogens with zero attached hydrogens (tertiary/aromatic N) is 2. The molecule has 2 saturated heterocycles. The van der Waals surface area contributed by atoms with E-state index in [0.29, 0.717) is 11.8 Å². The van der Waals surface area contributed by atoms with Crippen LogP contribution in [0.2, 0.25) is 0 Å². The first-order valence-corrected chi connectivity index (χ1v) is 9.82. The van der Waals surface area contributed by atoms with Crippen LogP contribution in [0, 0.1) is 11.3 Å². The molecule has 0 radical (unpaired) electrons. The summed E-state index contributed by atoms with van der Waals surface area (Å²) in [7, 11) is 0. The molecular weight excluding hydrogens is 284 g/mol. The average Bonchev–Trinajstić information content (AvgIpc) is 2.98. The molecule has 1 unspecified atom stereocenters. The Morgan fingerprint density at radius 3 is 2.70 bits per heavy atom. The van der Waals surface area contributed by atoms with E-state index in [1.807, 2.05) is 0 Å². The van der Waals surface area contributed by atoms with Crippen molar-refractivity contribution in [1.82, 2.24) is 9.80 Å². The average molecular weight is 319 g/mol. The molecule has 3 fully saturated rings. The first-order chi connectivity index (χ1) is 11.2. The van der Waals surface area contributed by atoms with E-state index < -0.39 is 0 Å². The second-order valence-corrected chi connectivity index (χ2v) is 8.23. The molecule has 1 aliphatic carbocycles. The van der Waals surface area contributed by atoms with E-state index in [9.17, 15) is 4.79 Å². The SMILES string of the molecule is C=CCC(=O)N1CCC2(CCCN(CCC3CCCCC3)C2)C1. The molecule has 3 aliphatic rings. The van der Waals surface area contributed by atoms with Gasteiger partial charge >= 0.3 is 0 Å². The number of likely N-dealkylation sites (tertiary alicyclic amines) is 2. The van der Waals surface area contributed by atoms with Crippen molar-refractivity contribution in [3.05, 3.63) is 12.7 Å². The summed E-state index contributed by atoms with van der Waals surface area (Å²) >= 11 is 0. The summed E-state index contributed by atoms with van der Waals surface area (Å²) in [5, 5.41) is 0. The molecule has 3 heteroatoms. The molecule has 2 heterocycles. The highest BCUT2D eigenvalue weighted by Gasteiger charge is 2.42. The Bertz CT molecular complexity index is 416. The minimum Gasteiger partial charge on any atom is -0.342 e. The molecule has 1 amide bonds. The zero-order chi connectivity index (χ0) is 16.1. The van der Waals surface area contributed by atoms with Crippen LogP contribution in [-0.4, -0.2) is 48.4 Å². The van der Waals surface area contributed by atoms with E-state index in [-0.39, 0.29) is 5.91 Å². The molecule has 0 aromatic rings. The molecule has 0 aromatic heterocycles. The Morgan fingerprint density at radius 2 is 1.91 bits per heavy atom. The van der Waals surface area contributed by atoms with Gasteiger partial charge in [-0.05, 0) is 44.7 Å². The molecule has 2 aliphatic heterocycles. The summed E-state index contributed by atoms with van der Waals surface area (Å²) < 4.78 is 0. The number of piperidine rings is 1. The Morgan fingerprint density at radius 1 is 1.09 bits per heavy atom. The van der Waals surface area contributed by atoms with Crippen LogP contribution in [0.4, 0.5) is 0 Å². The quantitative estimate of drug-likeness (QED) is 0.719. The first kappa shape index (κ1) is 17.0. The number of rotatable bonds is 5. The molecular formula is C20H34N2O. The highest BCUT2D eigenvalue weighted by Crippen LogP contribution is 2.39. The van der Waals surface area contributed by atoms with E-state index in [2.05, 4.69) is 16.4 Å². The lowest BCUT2D eigenvalue weighted by Crippen LogP contribution is -2.45. The Kier molecular flexibility index (Phi) is 5.79. The van der Waals surface area contributed by atoms with Crippen LogP contribution in [-0.2, 0) is 4.79 Å². The lowest BCUT2D eigenvalue weighted by Gasteiger charge is -2.41. The second kappa shape index (κ2) is 7.83. The second-order valence-electron chi connectivity index (χ2n) is 8.23. The number of amides is 1. The highest BCUT2D eigenvalue weighted by molar-refractivity contribution is 5.77. The van der Waals surface area contributed by atoms with Crippen LogP contribution in [0.1, 0.15) is 64.2 Å². The third-order valence-electron chi connectivity index (χ3n) is 6.43. The lowest BCUT2D eigenvalue weighted by molar-refractivity contribution is -0.129. The maximum atomic E-state index is 12.1. The summed E-state index contributed by atoms with van der Waals surface area (Å²) in [6, 6.07) is 0. The van der Waals surface area contributed by atoms with Crippen LogP contribution in [0.15, 0.2) is 12.7 Å². The molecule has 130 valence electrons. The third kappa shape index (κ3) is 4.37. The van der Waals surface area contributed by atoms with Gasteiger partial charge in [0.15, 0.2) is 0 Å². The van der Waals surface area contributed by atoms with Gasteiger partial charge in [-0.1, -0.05) is 38.2 Å². The fourth-order valence-electron chi connectivity index (χ4n) is 5.08. The van der Waals surface area contributed by atoms with Gasteiger partial charge < -0.3 is 9.80 Å². The molecule has 1 atom stereocenters. The van der Waals surface area contributed by atoms with Crippen LogP contribution in [0.5, 0.6) is 0 Å². The number of carbonyl (C=O) groups is 1. The summed E-state index contributed by atoms with van der Waals surface area (Å²) in [5.41, 5.74) is 0.391. The molecule has 3 rings (SSSR count). The van der Waals surface area contributed by atoms with Gasteiger partial charge in [-0.2, -0.15) is 0 Å². The molecule has 23 heavy (non-hydrogen) atoms.